The van der Waals surface area contributed by atoms with Gasteiger partial charge in [-0.3, -0.25) is 0 Å². The lowest BCUT2D eigenvalue weighted by Crippen LogP contribution is -2.40. The van der Waals surface area contributed by atoms with Crippen LogP contribution in [-0.2, 0) is 13.0 Å². The fraction of sp³-hybridized carbons (Fsp3) is 0.136. The van der Waals surface area contributed by atoms with E-state index in [9.17, 15) is 0 Å². The molecule has 0 fully saturated rings. The largest absolute Gasteiger partial charge is 0.362 e. The maximum Gasteiger partial charge on any atom is 0.173 e. The van der Waals surface area contributed by atoms with Crippen molar-refractivity contribution < 1.29 is 0 Å². The van der Waals surface area contributed by atoms with Gasteiger partial charge < -0.3 is 10.2 Å². The highest BCUT2D eigenvalue weighted by Crippen LogP contribution is 2.17. The Hall–Kier alpha value is -2.65. The van der Waals surface area contributed by atoms with Crippen molar-refractivity contribution in [3.63, 3.8) is 0 Å². The van der Waals surface area contributed by atoms with E-state index in [-0.39, 0.29) is 0 Å². The number of para-hydroxylation sites is 1. The van der Waals surface area contributed by atoms with Gasteiger partial charge in [-0.2, -0.15) is 0 Å². The lowest BCUT2D eigenvalue weighted by molar-refractivity contribution is 0.846. The molecule has 0 amide bonds. The van der Waals surface area contributed by atoms with Crippen molar-refractivity contribution in [3.05, 3.63) is 102 Å². The van der Waals surface area contributed by atoms with Crippen molar-refractivity contribution in [1.82, 2.24) is 5.32 Å². The molecule has 0 aliphatic carbocycles. The third-order valence-corrected chi connectivity index (χ3v) is 4.39. The van der Waals surface area contributed by atoms with Crippen molar-refractivity contribution in [2.45, 2.75) is 13.0 Å². The number of rotatable bonds is 6. The Morgan fingerprint density at radius 2 is 1.24 bits per heavy atom. The van der Waals surface area contributed by atoms with Crippen LogP contribution in [0.25, 0.3) is 0 Å². The summed E-state index contributed by atoms with van der Waals surface area (Å²) >= 11 is 5.69. The van der Waals surface area contributed by atoms with E-state index < -0.39 is 0 Å². The second kappa shape index (κ2) is 9.00. The van der Waals surface area contributed by atoms with E-state index in [1.807, 2.05) is 30.3 Å². The summed E-state index contributed by atoms with van der Waals surface area (Å²) in [6.07, 6.45) is 0.953. The first-order chi connectivity index (χ1) is 12.3. The molecule has 0 aliphatic rings. The number of nitrogens with one attached hydrogen (secondary N) is 1. The molecule has 3 aromatic rings. The van der Waals surface area contributed by atoms with Gasteiger partial charge in [0.15, 0.2) is 5.11 Å². The molecule has 2 nitrogen and oxygen atoms in total. The summed E-state index contributed by atoms with van der Waals surface area (Å²) in [5, 5.41) is 4.16. The molecule has 0 aliphatic heterocycles. The van der Waals surface area contributed by atoms with E-state index in [2.05, 4.69) is 70.9 Å². The predicted molar refractivity (Wildman–Crippen MR) is 110 cm³/mol. The van der Waals surface area contributed by atoms with Gasteiger partial charge in [0.2, 0.25) is 0 Å². The van der Waals surface area contributed by atoms with Crippen LogP contribution >= 0.6 is 12.2 Å². The van der Waals surface area contributed by atoms with Crippen molar-refractivity contribution >= 4 is 23.0 Å². The third kappa shape index (κ3) is 5.16. The van der Waals surface area contributed by atoms with E-state index in [0.717, 1.165) is 30.3 Å². The summed E-state index contributed by atoms with van der Waals surface area (Å²) in [5.74, 6) is 0. The maximum atomic E-state index is 5.69. The van der Waals surface area contributed by atoms with Gasteiger partial charge in [0, 0.05) is 12.2 Å². The van der Waals surface area contributed by atoms with Crippen molar-refractivity contribution in [2.75, 3.05) is 11.4 Å². The molecule has 0 spiro atoms. The van der Waals surface area contributed by atoms with Crippen molar-refractivity contribution in [2.24, 2.45) is 0 Å². The number of anilines is 1. The Labute approximate surface area is 155 Å². The molecule has 0 unspecified atom stereocenters. The molecule has 3 heteroatoms. The van der Waals surface area contributed by atoms with Gasteiger partial charge in [-0.1, -0.05) is 78.9 Å². The zero-order valence-corrected chi connectivity index (χ0v) is 15.0. The monoisotopic (exact) mass is 346 g/mol. The highest BCUT2D eigenvalue weighted by Gasteiger charge is 2.12. The summed E-state index contributed by atoms with van der Waals surface area (Å²) in [5.41, 5.74) is 3.65. The third-order valence-electron chi connectivity index (χ3n) is 4.03. The van der Waals surface area contributed by atoms with Crippen LogP contribution in [0.3, 0.4) is 0 Å². The smallest absolute Gasteiger partial charge is 0.173 e. The fourth-order valence-electron chi connectivity index (χ4n) is 2.71. The molecule has 0 atom stereocenters. The van der Waals surface area contributed by atoms with Crippen LogP contribution in [0, 0.1) is 0 Å². The quantitative estimate of drug-likeness (QED) is 0.645. The summed E-state index contributed by atoms with van der Waals surface area (Å²) in [6.45, 7) is 1.57. The number of benzene rings is 3. The van der Waals surface area contributed by atoms with Crippen molar-refractivity contribution in [1.29, 1.82) is 0 Å². The van der Waals surface area contributed by atoms with Crippen LogP contribution < -0.4 is 10.2 Å². The molecule has 126 valence electrons. The molecule has 0 radical (unpaired) electrons. The molecule has 0 saturated heterocycles. The first-order valence-electron chi connectivity index (χ1n) is 8.51. The Morgan fingerprint density at radius 3 is 1.84 bits per heavy atom. The van der Waals surface area contributed by atoms with Crippen LogP contribution in [-0.4, -0.2) is 11.7 Å². The molecule has 25 heavy (non-hydrogen) atoms. The predicted octanol–water partition coefficient (Wildman–Crippen LogP) is 4.81. The molecule has 3 aromatic carbocycles. The molecule has 0 bridgehead atoms. The second-order valence-corrected chi connectivity index (χ2v) is 6.26. The molecular weight excluding hydrogens is 324 g/mol. The second-order valence-electron chi connectivity index (χ2n) is 5.87. The number of hydrogen-bond acceptors (Lipinski definition) is 1. The van der Waals surface area contributed by atoms with Crippen LogP contribution in [0.15, 0.2) is 91.0 Å². The molecule has 0 aromatic heterocycles. The van der Waals surface area contributed by atoms with Gasteiger partial charge in [-0.25, -0.2) is 0 Å². The average molecular weight is 346 g/mol. The summed E-state index contributed by atoms with van der Waals surface area (Å²) in [6, 6.07) is 31.2. The minimum atomic E-state index is 0.752. The van der Waals surface area contributed by atoms with Crippen LogP contribution in [0.4, 0.5) is 5.69 Å². The Balaban J connectivity index is 1.67. The first-order valence-corrected chi connectivity index (χ1v) is 8.92. The number of hydrogen-bond donors (Lipinski definition) is 1. The topological polar surface area (TPSA) is 15.3 Å². The summed E-state index contributed by atoms with van der Waals surface area (Å²) in [4.78, 5) is 2.15. The zero-order chi connectivity index (χ0) is 17.3. The number of thiocarbonyl (C=S) groups is 1. The van der Waals surface area contributed by atoms with Crippen LogP contribution in [0.1, 0.15) is 11.1 Å². The van der Waals surface area contributed by atoms with Crippen LogP contribution in [0.5, 0.6) is 0 Å². The molecule has 1 N–H and O–H groups in total. The highest BCUT2D eigenvalue weighted by molar-refractivity contribution is 7.80. The van der Waals surface area contributed by atoms with Crippen LogP contribution in [0.2, 0.25) is 0 Å². The number of nitrogens with zero attached hydrogens (tertiary/aromatic N) is 1. The Kier molecular flexibility index (Phi) is 6.18. The van der Waals surface area contributed by atoms with E-state index in [1.54, 1.807) is 0 Å². The van der Waals surface area contributed by atoms with Crippen molar-refractivity contribution in [3.8, 4) is 0 Å². The normalized spacial score (nSPS) is 10.2. The van der Waals surface area contributed by atoms with Gasteiger partial charge in [0.25, 0.3) is 0 Å². The van der Waals surface area contributed by atoms with Gasteiger partial charge in [0.1, 0.15) is 0 Å². The maximum absolute atomic E-state index is 5.69. The molecular formula is C22H22N2S. The van der Waals surface area contributed by atoms with Gasteiger partial charge in [0.05, 0.1) is 6.54 Å². The van der Waals surface area contributed by atoms with Gasteiger partial charge >= 0.3 is 0 Å². The van der Waals surface area contributed by atoms with E-state index in [1.165, 1.54) is 11.1 Å². The van der Waals surface area contributed by atoms with Gasteiger partial charge in [-0.15, -0.1) is 0 Å². The molecule has 3 rings (SSSR count). The van der Waals surface area contributed by atoms with E-state index >= 15 is 0 Å². The minimum absolute atomic E-state index is 0.752. The first kappa shape index (κ1) is 17.2. The molecule has 0 saturated carbocycles. The minimum Gasteiger partial charge on any atom is -0.362 e. The van der Waals surface area contributed by atoms with E-state index in [0.29, 0.717) is 0 Å². The van der Waals surface area contributed by atoms with E-state index in [4.69, 9.17) is 12.2 Å². The standard InChI is InChI=1S/C22H22N2S/c25-22(23-17-16-19-10-4-1-5-11-19)24(21-14-8-3-9-15-21)18-20-12-6-2-7-13-20/h1-15H,16-18H2,(H,23,25). The fourth-order valence-corrected chi connectivity index (χ4v) is 2.98. The molecule has 0 heterocycles. The average Bonchev–Trinajstić information content (AvgIpc) is 2.68. The summed E-state index contributed by atoms with van der Waals surface area (Å²) < 4.78 is 0. The summed E-state index contributed by atoms with van der Waals surface area (Å²) in [7, 11) is 0. The SMILES string of the molecule is S=C(NCCc1ccccc1)N(Cc1ccccc1)c1ccccc1. The highest BCUT2D eigenvalue weighted by atomic mass is 32.1. The lowest BCUT2D eigenvalue weighted by Gasteiger charge is -2.26. The Morgan fingerprint density at radius 1 is 0.720 bits per heavy atom. The Bertz CT molecular complexity index is 773. The zero-order valence-electron chi connectivity index (χ0n) is 14.1. The van der Waals surface area contributed by atoms with Gasteiger partial charge in [-0.05, 0) is 41.9 Å². The lowest BCUT2D eigenvalue weighted by atomic mass is 10.1.